The molecule has 0 aromatic rings. The Kier molecular flexibility index (Phi) is 11.4. The van der Waals surface area contributed by atoms with Crippen molar-refractivity contribution in [3.63, 3.8) is 0 Å². The first kappa shape index (κ1) is 32.6. The van der Waals surface area contributed by atoms with Crippen molar-refractivity contribution in [1.29, 1.82) is 0 Å². The molecule has 212 valence electrons. The second kappa shape index (κ2) is 12.9. The zero-order valence-electron chi connectivity index (χ0n) is 24.0. The van der Waals surface area contributed by atoms with Crippen LogP contribution in [0.4, 0.5) is 9.59 Å². The first-order chi connectivity index (χ1) is 16.8. The highest BCUT2D eigenvalue weighted by atomic mass is 16.6. The van der Waals surface area contributed by atoms with Crippen LogP contribution in [0.2, 0.25) is 0 Å². The van der Waals surface area contributed by atoms with Crippen LogP contribution in [0, 0.1) is 0 Å². The highest BCUT2D eigenvalue weighted by Gasteiger charge is 2.44. The quantitative estimate of drug-likeness (QED) is 0.262. The fraction of sp³-hybridized carbons (Fsp3) is 0.741. The number of cyclic esters (lactones) is 1. The van der Waals surface area contributed by atoms with Crippen molar-refractivity contribution in [2.45, 2.75) is 110 Å². The van der Waals surface area contributed by atoms with E-state index in [1.165, 1.54) is 0 Å². The minimum Gasteiger partial charge on any atom is -0.458 e. The van der Waals surface area contributed by atoms with E-state index in [1.807, 2.05) is 13.8 Å². The van der Waals surface area contributed by atoms with Crippen LogP contribution in [-0.4, -0.2) is 84.0 Å². The molecule has 0 saturated carbocycles. The van der Waals surface area contributed by atoms with Gasteiger partial charge in [-0.25, -0.2) is 14.4 Å². The molecule has 1 rings (SSSR count). The molecule has 0 aliphatic carbocycles. The Hall–Kier alpha value is -2.43. The van der Waals surface area contributed by atoms with Gasteiger partial charge in [-0.3, -0.25) is 0 Å². The number of hydrogen-bond acceptors (Lipinski definition) is 9. The number of carbonyl (C=O) groups excluding carboxylic acids is 3. The van der Waals surface area contributed by atoms with E-state index < -0.39 is 59.3 Å². The third kappa shape index (κ3) is 11.2. The molecule has 2 amide bonds. The second-order valence-electron chi connectivity index (χ2n) is 11.7. The van der Waals surface area contributed by atoms with Gasteiger partial charge in [-0.1, -0.05) is 18.2 Å². The van der Waals surface area contributed by atoms with Crippen molar-refractivity contribution in [3.05, 3.63) is 24.8 Å². The number of imide groups is 1. The average molecular weight is 528 g/mol. The van der Waals surface area contributed by atoms with Crippen molar-refractivity contribution >= 4 is 18.2 Å². The lowest BCUT2D eigenvalue weighted by Crippen LogP contribution is -2.54. The molecule has 0 spiro atoms. The monoisotopic (exact) mass is 527 g/mol. The van der Waals surface area contributed by atoms with Crippen molar-refractivity contribution in [2.75, 3.05) is 19.8 Å². The van der Waals surface area contributed by atoms with Gasteiger partial charge in [0.25, 0.3) is 0 Å². The molecule has 1 fully saturated rings. The lowest BCUT2D eigenvalue weighted by molar-refractivity contribution is -0.177. The van der Waals surface area contributed by atoms with Crippen LogP contribution in [0.15, 0.2) is 24.8 Å². The molecular weight excluding hydrogens is 482 g/mol. The number of rotatable bonds is 7. The van der Waals surface area contributed by atoms with Gasteiger partial charge >= 0.3 is 18.2 Å². The van der Waals surface area contributed by atoms with E-state index in [4.69, 9.17) is 28.4 Å². The Morgan fingerprint density at radius 3 is 1.97 bits per heavy atom. The fourth-order valence-corrected chi connectivity index (χ4v) is 3.24. The fourth-order valence-electron chi connectivity index (χ4n) is 3.24. The predicted octanol–water partition coefficient (Wildman–Crippen LogP) is 4.80. The summed E-state index contributed by atoms with van der Waals surface area (Å²) in [5.74, 6) is -0.878. The molecule has 10 nitrogen and oxygen atoms in total. The van der Waals surface area contributed by atoms with Gasteiger partial charge in [-0.15, -0.1) is 6.58 Å². The van der Waals surface area contributed by atoms with E-state index in [0.29, 0.717) is 4.90 Å². The lowest BCUT2D eigenvalue weighted by atomic mass is 10.1. The van der Waals surface area contributed by atoms with Gasteiger partial charge in [0, 0.05) is 0 Å². The van der Waals surface area contributed by atoms with E-state index >= 15 is 0 Å². The Bertz CT molecular complexity index is 810. The molecule has 0 radical (unpaired) electrons. The first-order valence-corrected chi connectivity index (χ1v) is 12.4. The summed E-state index contributed by atoms with van der Waals surface area (Å²) in [7, 11) is 0. The maximum absolute atomic E-state index is 13.4. The minimum absolute atomic E-state index is 0.0217. The van der Waals surface area contributed by atoms with Crippen LogP contribution in [0.5, 0.6) is 0 Å². The zero-order valence-corrected chi connectivity index (χ0v) is 24.0. The van der Waals surface area contributed by atoms with Gasteiger partial charge in [0.2, 0.25) is 0 Å². The first-order valence-electron chi connectivity index (χ1n) is 12.4. The molecule has 1 aliphatic rings. The van der Waals surface area contributed by atoms with Crippen molar-refractivity contribution < 1.29 is 42.8 Å². The van der Waals surface area contributed by atoms with Crippen LogP contribution in [0.1, 0.15) is 69.2 Å². The number of ether oxygens (including phenoxy) is 6. The van der Waals surface area contributed by atoms with Crippen LogP contribution in [0.3, 0.4) is 0 Å². The normalized spacial score (nSPS) is 23.6. The van der Waals surface area contributed by atoms with Gasteiger partial charge < -0.3 is 28.4 Å². The summed E-state index contributed by atoms with van der Waals surface area (Å²) in [6.07, 6.45) is -2.73. The topological polar surface area (TPSA) is 110 Å². The molecule has 0 bridgehead atoms. The van der Waals surface area contributed by atoms with Gasteiger partial charge in [-0.2, -0.15) is 4.90 Å². The van der Waals surface area contributed by atoms with E-state index in [1.54, 1.807) is 61.5 Å². The molecule has 4 atom stereocenters. The summed E-state index contributed by atoms with van der Waals surface area (Å²) >= 11 is 0. The van der Waals surface area contributed by atoms with Crippen molar-refractivity contribution in [2.24, 2.45) is 0 Å². The molecule has 1 aliphatic heterocycles. The van der Waals surface area contributed by atoms with Gasteiger partial charge in [-0.05, 0) is 69.2 Å². The number of esters is 1. The van der Waals surface area contributed by atoms with Gasteiger partial charge in [0.05, 0.1) is 25.4 Å². The molecule has 1 heterocycles. The molecule has 10 heteroatoms. The summed E-state index contributed by atoms with van der Waals surface area (Å²) in [6.45, 7) is 24.4. The highest BCUT2D eigenvalue weighted by molar-refractivity contribution is 5.94. The van der Waals surface area contributed by atoms with E-state index in [2.05, 4.69) is 13.2 Å². The van der Waals surface area contributed by atoms with Crippen LogP contribution in [0.25, 0.3) is 0 Å². The number of amides is 2. The molecule has 37 heavy (non-hydrogen) atoms. The summed E-state index contributed by atoms with van der Waals surface area (Å²) in [5.41, 5.74) is -1.86. The third-order valence-corrected chi connectivity index (χ3v) is 4.92. The summed E-state index contributed by atoms with van der Waals surface area (Å²) in [4.78, 5) is 40.2. The van der Waals surface area contributed by atoms with E-state index in [-0.39, 0.29) is 19.8 Å². The number of hydrogen-bond donors (Lipinski definition) is 0. The molecule has 1 saturated heterocycles. The smallest absolute Gasteiger partial charge is 0.420 e. The number of nitrogens with zero attached hydrogens (tertiary/aromatic N) is 1. The van der Waals surface area contributed by atoms with Gasteiger partial charge in [0.1, 0.15) is 29.5 Å². The summed E-state index contributed by atoms with van der Waals surface area (Å²) in [6, 6.07) is -1.47. The number of carbonyl (C=O) groups is 3. The second-order valence-corrected chi connectivity index (χ2v) is 11.7. The Balaban J connectivity index is 3.40. The summed E-state index contributed by atoms with van der Waals surface area (Å²) in [5, 5.41) is 0. The SMILES string of the molecule is C=CC(C)(C)O[C@H]1COC[C@H](N(C(=O)OC(C)(C)C)C(=O)OC(C)(C)C)C(=O)O[C@@H](C)[C@@H]1OCC(=C)C. The Labute approximate surface area is 221 Å². The van der Waals surface area contributed by atoms with Crippen LogP contribution >= 0.6 is 0 Å². The lowest BCUT2D eigenvalue weighted by Gasteiger charge is -2.35. The predicted molar refractivity (Wildman–Crippen MR) is 138 cm³/mol. The highest BCUT2D eigenvalue weighted by Crippen LogP contribution is 2.25. The van der Waals surface area contributed by atoms with Crippen molar-refractivity contribution in [3.8, 4) is 0 Å². The maximum atomic E-state index is 13.4. The third-order valence-electron chi connectivity index (χ3n) is 4.92. The summed E-state index contributed by atoms with van der Waals surface area (Å²) < 4.78 is 34.6. The maximum Gasteiger partial charge on any atom is 0.420 e. The zero-order chi connectivity index (χ0) is 28.8. The molecule has 0 unspecified atom stereocenters. The van der Waals surface area contributed by atoms with Crippen molar-refractivity contribution in [1.82, 2.24) is 4.90 Å². The largest absolute Gasteiger partial charge is 0.458 e. The molecular formula is C27H45NO9. The van der Waals surface area contributed by atoms with E-state index in [0.717, 1.165) is 5.57 Å². The average Bonchev–Trinajstić information content (AvgIpc) is 2.73. The van der Waals surface area contributed by atoms with Gasteiger partial charge in [0.15, 0.2) is 6.04 Å². The Morgan fingerprint density at radius 2 is 1.54 bits per heavy atom. The molecule has 0 aromatic heterocycles. The minimum atomic E-state index is -1.47. The van der Waals surface area contributed by atoms with Crippen LogP contribution < -0.4 is 0 Å². The molecule has 0 N–H and O–H groups in total. The van der Waals surface area contributed by atoms with E-state index in [9.17, 15) is 14.4 Å². The van der Waals surface area contributed by atoms with Crippen LogP contribution in [-0.2, 0) is 33.2 Å². The molecule has 0 aromatic carbocycles. The Morgan fingerprint density at radius 1 is 1.03 bits per heavy atom. The standard InChI is InChI=1S/C27H45NO9/c1-13-27(11,12)35-20-16-32-15-19(22(29)34-18(4)21(20)33-14-17(2)3)28(23(30)36-25(5,6)7)24(31)37-26(8,9)10/h13,18-21H,1-2,14-16H2,3-12H3/t18-,19-,20-,21-/m0/s1.